The number of benzene rings is 3. The number of nitrogens with zero attached hydrogens (tertiary/aromatic N) is 1. The third kappa shape index (κ3) is 3.45. The molecule has 6 nitrogen and oxygen atoms in total. The Labute approximate surface area is 195 Å². The number of fused-ring (bicyclic) bond motifs is 3. The Morgan fingerprint density at radius 3 is 2.76 bits per heavy atom. The smallest absolute Gasteiger partial charge is 0.231 e. The monoisotopic (exact) mass is 456 g/mol. The standard InChI is InChI=1S/C26H20N2O4S/c1-30-17-6-4-5-15(11-17)13-33-26-27-23(16-9-10-20-21(12-16)32-14-31-20)22-24(28-26)18-7-2-3-8-19(18)25(22)29/h2-12,23H,13-14H2,1H3,(H,27,28). The molecule has 0 spiro atoms. The van der Waals surface area contributed by atoms with Crippen LogP contribution in [0.25, 0.3) is 5.70 Å². The highest BCUT2D eigenvalue weighted by Crippen LogP contribution is 2.45. The van der Waals surface area contributed by atoms with E-state index in [1.165, 1.54) is 0 Å². The van der Waals surface area contributed by atoms with Gasteiger partial charge in [0.05, 0.1) is 18.4 Å². The van der Waals surface area contributed by atoms with Crippen molar-refractivity contribution in [3.8, 4) is 17.2 Å². The first kappa shape index (κ1) is 19.9. The van der Waals surface area contributed by atoms with Gasteiger partial charge in [-0.1, -0.05) is 54.2 Å². The van der Waals surface area contributed by atoms with E-state index in [1.54, 1.807) is 18.9 Å². The van der Waals surface area contributed by atoms with Gasteiger partial charge in [0, 0.05) is 16.9 Å². The molecule has 164 valence electrons. The zero-order valence-corrected chi connectivity index (χ0v) is 18.6. The molecule has 1 unspecified atom stereocenters. The van der Waals surface area contributed by atoms with Crippen LogP contribution in [0.5, 0.6) is 17.2 Å². The minimum Gasteiger partial charge on any atom is -0.497 e. The zero-order valence-electron chi connectivity index (χ0n) is 17.8. The number of nitrogens with one attached hydrogen (secondary N) is 1. The predicted molar refractivity (Wildman–Crippen MR) is 128 cm³/mol. The summed E-state index contributed by atoms with van der Waals surface area (Å²) < 4.78 is 16.4. The number of carbonyl (C=O) groups excluding carboxylic acids is 1. The summed E-state index contributed by atoms with van der Waals surface area (Å²) in [7, 11) is 1.66. The summed E-state index contributed by atoms with van der Waals surface area (Å²) >= 11 is 1.60. The van der Waals surface area contributed by atoms with Gasteiger partial charge >= 0.3 is 0 Å². The number of hydrogen-bond donors (Lipinski definition) is 1. The molecule has 1 aliphatic carbocycles. The fourth-order valence-electron chi connectivity index (χ4n) is 4.33. The van der Waals surface area contributed by atoms with Crippen molar-refractivity contribution in [1.82, 2.24) is 5.32 Å². The van der Waals surface area contributed by atoms with Gasteiger partial charge < -0.3 is 19.5 Å². The first-order valence-electron chi connectivity index (χ1n) is 10.6. The third-order valence-electron chi connectivity index (χ3n) is 5.93. The molecule has 2 aliphatic heterocycles. The van der Waals surface area contributed by atoms with Gasteiger partial charge in [-0.25, -0.2) is 4.99 Å². The first-order chi connectivity index (χ1) is 16.2. The Bertz CT molecular complexity index is 1350. The number of methoxy groups -OCH3 is 1. The van der Waals surface area contributed by atoms with Gasteiger partial charge in [0.1, 0.15) is 11.8 Å². The maximum atomic E-state index is 13.4. The number of thioether (sulfide) groups is 1. The van der Waals surface area contributed by atoms with Crippen molar-refractivity contribution in [3.05, 3.63) is 94.6 Å². The Morgan fingerprint density at radius 2 is 1.88 bits per heavy atom. The highest BCUT2D eigenvalue weighted by Gasteiger charge is 2.38. The number of ketones is 1. The maximum Gasteiger partial charge on any atom is 0.231 e. The normalized spacial score (nSPS) is 17.9. The van der Waals surface area contributed by atoms with Gasteiger partial charge in [-0.3, -0.25) is 4.79 Å². The fourth-order valence-corrected chi connectivity index (χ4v) is 5.17. The summed E-state index contributed by atoms with van der Waals surface area (Å²) in [5, 5.41) is 4.20. The SMILES string of the molecule is COc1cccc(CSC2=NC(c3ccc4c(c3)OCO4)C3=C(N2)c2ccccc2C3=O)c1. The number of hydrogen-bond acceptors (Lipinski definition) is 7. The number of rotatable bonds is 4. The lowest BCUT2D eigenvalue weighted by Gasteiger charge is -2.24. The van der Waals surface area contributed by atoms with Gasteiger partial charge in [-0.15, -0.1) is 0 Å². The molecule has 0 amide bonds. The van der Waals surface area contributed by atoms with E-state index < -0.39 is 6.04 Å². The Hall–Kier alpha value is -3.71. The molecule has 7 heteroatoms. The van der Waals surface area contributed by atoms with E-state index in [2.05, 4.69) is 11.4 Å². The van der Waals surface area contributed by atoms with Gasteiger partial charge in [0.15, 0.2) is 22.4 Å². The maximum absolute atomic E-state index is 13.4. The van der Waals surface area contributed by atoms with Gasteiger partial charge in [-0.05, 0) is 35.4 Å². The molecule has 6 rings (SSSR count). The van der Waals surface area contributed by atoms with Gasteiger partial charge in [-0.2, -0.15) is 0 Å². The lowest BCUT2D eigenvalue weighted by molar-refractivity contribution is 0.103. The molecule has 0 aromatic heterocycles. The lowest BCUT2D eigenvalue weighted by atomic mass is 9.95. The molecule has 0 bridgehead atoms. The molecule has 0 saturated carbocycles. The number of ether oxygens (including phenoxy) is 3. The van der Waals surface area contributed by atoms with Crippen LogP contribution in [0.4, 0.5) is 0 Å². The van der Waals surface area contributed by atoms with Crippen LogP contribution in [0, 0.1) is 0 Å². The van der Waals surface area contributed by atoms with Crippen molar-refractivity contribution >= 4 is 28.4 Å². The quantitative estimate of drug-likeness (QED) is 0.598. The average Bonchev–Trinajstić information content (AvgIpc) is 3.45. The van der Waals surface area contributed by atoms with Crippen molar-refractivity contribution in [2.45, 2.75) is 11.8 Å². The highest BCUT2D eigenvalue weighted by atomic mass is 32.2. The second-order valence-electron chi connectivity index (χ2n) is 7.88. The Morgan fingerprint density at radius 1 is 1.03 bits per heavy atom. The average molecular weight is 457 g/mol. The van der Waals surface area contributed by atoms with Crippen molar-refractivity contribution < 1.29 is 19.0 Å². The third-order valence-corrected chi connectivity index (χ3v) is 6.89. The van der Waals surface area contributed by atoms with E-state index in [4.69, 9.17) is 19.2 Å². The first-order valence-corrected chi connectivity index (χ1v) is 11.6. The van der Waals surface area contributed by atoms with Crippen molar-refractivity contribution in [1.29, 1.82) is 0 Å². The molecular formula is C26H20N2O4S. The Balaban J connectivity index is 1.37. The molecule has 0 radical (unpaired) electrons. The summed E-state index contributed by atoms with van der Waals surface area (Å²) in [6.07, 6.45) is 0. The summed E-state index contributed by atoms with van der Waals surface area (Å²) in [5.74, 6) is 2.94. The van der Waals surface area contributed by atoms with E-state index in [9.17, 15) is 4.79 Å². The van der Waals surface area contributed by atoms with Crippen molar-refractivity contribution in [3.63, 3.8) is 0 Å². The Kier molecular flexibility index (Phi) is 4.84. The van der Waals surface area contributed by atoms with Crippen LogP contribution < -0.4 is 19.5 Å². The lowest BCUT2D eigenvalue weighted by Crippen LogP contribution is -2.26. The van der Waals surface area contributed by atoms with E-state index in [0.29, 0.717) is 22.6 Å². The van der Waals surface area contributed by atoms with E-state index in [1.807, 2.05) is 60.7 Å². The molecule has 3 aromatic rings. The molecule has 0 saturated heterocycles. The molecule has 2 heterocycles. The van der Waals surface area contributed by atoms with Crippen LogP contribution in [0.2, 0.25) is 0 Å². The van der Waals surface area contributed by atoms with Crippen LogP contribution in [0.3, 0.4) is 0 Å². The number of aliphatic imine (C=N–C) groups is 1. The molecule has 3 aliphatic rings. The second kappa shape index (κ2) is 8.01. The molecular weight excluding hydrogens is 436 g/mol. The number of carbonyl (C=O) groups is 1. The van der Waals surface area contributed by atoms with Crippen molar-refractivity contribution in [2.75, 3.05) is 13.9 Å². The summed E-state index contributed by atoms with van der Waals surface area (Å²) in [4.78, 5) is 18.3. The minimum atomic E-state index is -0.427. The number of Topliss-reactive ketones (excluding diaryl/α,β-unsaturated/α-hetero) is 1. The summed E-state index contributed by atoms with van der Waals surface area (Å²) in [5.41, 5.74) is 5.15. The molecule has 33 heavy (non-hydrogen) atoms. The predicted octanol–water partition coefficient (Wildman–Crippen LogP) is 4.97. The number of amidine groups is 1. The van der Waals surface area contributed by atoms with Crippen LogP contribution >= 0.6 is 11.8 Å². The fraction of sp³-hybridized carbons (Fsp3) is 0.154. The summed E-state index contributed by atoms with van der Waals surface area (Å²) in [6.45, 7) is 0.203. The topological polar surface area (TPSA) is 69.2 Å². The summed E-state index contributed by atoms with van der Waals surface area (Å²) in [6, 6.07) is 21.0. The van der Waals surface area contributed by atoms with Crippen LogP contribution in [0.1, 0.15) is 33.1 Å². The zero-order chi connectivity index (χ0) is 22.4. The minimum absolute atomic E-state index is 0.0105. The molecule has 1 N–H and O–H groups in total. The van der Waals surface area contributed by atoms with Crippen LogP contribution in [0.15, 0.2) is 77.3 Å². The van der Waals surface area contributed by atoms with E-state index in [-0.39, 0.29) is 12.6 Å². The molecule has 0 fully saturated rings. The van der Waals surface area contributed by atoms with Crippen molar-refractivity contribution in [2.24, 2.45) is 4.99 Å². The molecule has 3 aromatic carbocycles. The van der Waals surface area contributed by atoms with E-state index >= 15 is 0 Å². The van der Waals surface area contributed by atoms with E-state index in [0.717, 1.165) is 39.1 Å². The van der Waals surface area contributed by atoms with Crippen LogP contribution in [-0.2, 0) is 5.75 Å². The second-order valence-corrected chi connectivity index (χ2v) is 8.84. The van der Waals surface area contributed by atoms with Crippen LogP contribution in [-0.4, -0.2) is 24.9 Å². The highest BCUT2D eigenvalue weighted by molar-refractivity contribution is 8.13. The van der Waals surface area contributed by atoms with Gasteiger partial charge in [0.25, 0.3) is 0 Å². The largest absolute Gasteiger partial charge is 0.497 e. The molecule has 1 atom stereocenters. The van der Waals surface area contributed by atoms with Gasteiger partial charge in [0.2, 0.25) is 6.79 Å².